The number of methoxy groups -OCH3 is 1. The highest BCUT2D eigenvalue weighted by Crippen LogP contribution is 2.21. The van der Waals surface area contributed by atoms with Crippen LogP contribution >= 0.6 is 0 Å². The topological polar surface area (TPSA) is 38.3 Å². The second-order valence-corrected chi connectivity index (χ2v) is 5.18. The van der Waals surface area contributed by atoms with E-state index in [-0.39, 0.29) is 11.7 Å². The van der Waals surface area contributed by atoms with Crippen molar-refractivity contribution in [3.05, 3.63) is 65.0 Å². The average molecular weight is 313 g/mol. The van der Waals surface area contributed by atoms with E-state index in [4.69, 9.17) is 4.74 Å². The number of nitrogens with one attached hydrogen (secondary N) is 1. The number of rotatable bonds is 5. The van der Waals surface area contributed by atoms with Crippen LogP contribution in [-0.2, 0) is 11.2 Å². The van der Waals surface area contributed by atoms with Gasteiger partial charge in [-0.15, -0.1) is 0 Å². The minimum atomic E-state index is -0.456. The summed E-state index contributed by atoms with van der Waals surface area (Å²) in [5, 5.41) is 2.89. The molecular formula is C19H20FNO2. The average Bonchev–Trinajstić information content (AvgIpc) is 2.55. The Morgan fingerprint density at radius 1 is 1.30 bits per heavy atom. The van der Waals surface area contributed by atoms with Crippen LogP contribution in [0.3, 0.4) is 0 Å². The van der Waals surface area contributed by atoms with Gasteiger partial charge in [-0.3, -0.25) is 4.79 Å². The van der Waals surface area contributed by atoms with Crippen LogP contribution in [0.5, 0.6) is 5.75 Å². The molecule has 0 aliphatic carbocycles. The summed E-state index contributed by atoms with van der Waals surface area (Å²) in [6.45, 7) is 4.00. The number of aryl methyl sites for hydroxylation is 2. The Kier molecular flexibility index (Phi) is 5.52. The van der Waals surface area contributed by atoms with Gasteiger partial charge in [0.2, 0.25) is 5.91 Å². The summed E-state index contributed by atoms with van der Waals surface area (Å²) in [6.07, 6.45) is 3.81. The minimum Gasteiger partial charge on any atom is -0.494 e. The van der Waals surface area contributed by atoms with Crippen molar-refractivity contribution in [1.29, 1.82) is 0 Å². The van der Waals surface area contributed by atoms with Gasteiger partial charge in [0.15, 0.2) is 11.6 Å². The lowest BCUT2D eigenvalue weighted by molar-refractivity contribution is -0.111. The number of ether oxygens (including phenoxy) is 1. The number of hydrogen-bond acceptors (Lipinski definition) is 2. The summed E-state index contributed by atoms with van der Waals surface area (Å²) in [6, 6.07) is 10.5. The number of anilines is 1. The zero-order chi connectivity index (χ0) is 16.8. The third kappa shape index (κ3) is 4.19. The molecule has 0 fully saturated rings. The van der Waals surface area contributed by atoms with E-state index in [0.29, 0.717) is 5.56 Å². The molecule has 0 unspecified atom stereocenters. The first kappa shape index (κ1) is 16.7. The van der Waals surface area contributed by atoms with E-state index in [1.165, 1.54) is 25.3 Å². The molecule has 0 radical (unpaired) electrons. The van der Waals surface area contributed by atoms with Crippen molar-refractivity contribution in [2.45, 2.75) is 20.3 Å². The second-order valence-electron chi connectivity index (χ2n) is 5.18. The lowest BCUT2D eigenvalue weighted by atomic mass is 10.1. The van der Waals surface area contributed by atoms with Crippen molar-refractivity contribution in [2.75, 3.05) is 12.4 Å². The predicted octanol–water partition coefficient (Wildman–Crippen LogP) is 4.36. The summed E-state index contributed by atoms with van der Waals surface area (Å²) >= 11 is 0. The maximum atomic E-state index is 13.6. The van der Waals surface area contributed by atoms with Gasteiger partial charge in [0.1, 0.15) is 0 Å². The molecule has 2 rings (SSSR count). The molecule has 1 amide bonds. The van der Waals surface area contributed by atoms with Gasteiger partial charge in [-0.1, -0.05) is 31.2 Å². The van der Waals surface area contributed by atoms with E-state index < -0.39 is 5.82 Å². The van der Waals surface area contributed by atoms with Gasteiger partial charge in [0.05, 0.1) is 7.11 Å². The fourth-order valence-electron chi connectivity index (χ4n) is 2.33. The van der Waals surface area contributed by atoms with Crippen LogP contribution < -0.4 is 10.1 Å². The molecule has 0 saturated heterocycles. The quantitative estimate of drug-likeness (QED) is 0.833. The minimum absolute atomic E-state index is 0.180. The van der Waals surface area contributed by atoms with Crippen LogP contribution in [-0.4, -0.2) is 13.0 Å². The highest BCUT2D eigenvalue weighted by atomic mass is 19.1. The molecule has 0 atom stereocenters. The Labute approximate surface area is 135 Å². The molecule has 0 spiro atoms. The third-order valence-corrected chi connectivity index (χ3v) is 3.59. The molecule has 23 heavy (non-hydrogen) atoms. The molecule has 2 aromatic rings. The van der Waals surface area contributed by atoms with Crippen molar-refractivity contribution in [1.82, 2.24) is 0 Å². The SMILES string of the molecule is CCc1cccc(C)c1NC(=O)/C=C/c1ccc(OC)c(F)c1. The molecular weight excluding hydrogens is 293 g/mol. The highest BCUT2D eigenvalue weighted by molar-refractivity contribution is 6.02. The molecule has 0 aliphatic rings. The Morgan fingerprint density at radius 2 is 2.09 bits per heavy atom. The Balaban J connectivity index is 2.12. The standard InChI is InChI=1S/C19H20FNO2/c1-4-15-7-5-6-13(2)19(15)21-18(22)11-9-14-8-10-17(23-3)16(20)12-14/h5-12H,4H2,1-3H3,(H,21,22)/b11-9+. The van der Waals surface area contributed by atoms with Gasteiger partial charge in [0.25, 0.3) is 0 Å². The monoisotopic (exact) mass is 313 g/mol. The number of para-hydroxylation sites is 1. The molecule has 0 bridgehead atoms. The fraction of sp³-hybridized carbons (Fsp3) is 0.211. The van der Waals surface area contributed by atoms with E-state index in [1.807, 2.05) is 32.0 Å². The van der Waals surface area contributed by atoms with Crippen LogP contribution in [0.25, 0.3) is 6.08 Å². The molecule has 4 heteroatoms. The Hall–Kier alpha value is -2.62. The van der Waals surface area contributed by atoms with Crippen LogP contribution in [0.15, 0.2) is 42.5 Å². The van der Waals surface area contributed by atoms with Crippen LogP contribution in [0.2, 0.25) is 0 Å². The number of carbonyl (C=O) groups is 1. The van der Waals surface area contributed by atoms with E-state index >= 15 is 0 Å². The number of carbonyl (C=O) groups excluding carboxylic acids is 1. The predicted molar refractivity (Wildman–Crippen MR) is 91.2 cm³/mol. The van der Waals surface area contributed by atoms with Crippen LogP contribution in [0.1, 0.15) is 23.6 Å². The number of amides is 1. The second kappa shape index (κ2) is 7.58. The summed E-state index contributed by atoms with van der Waals surface area (Å²) in [4.78, 5) is 12.1. The smallest absolute Gasteiger partial charge is 0.248 e. The first-order valence-corrected chi connectivity index (χ1v) is 7.46. The van der Waals surface area contributed by atoms with Crippen molar-refractivity contribution in [3.63, 3.8) is 0 Å². The maximum absolute atomic E-state index is 13.6. The zero-order valence-electron chi connectivity index (χ0n) is 13.5. The van der Waals surface area contributed by atoms with E-state index in [9.17, 15) is 9.18 Å². The fourth-order valence-corrected chi connectivity index (χ4v) is 2.33. The molecule has 2 aromatic carbocycles. The zero-order valence-corrected chi connectivity index (χ0v) is 13.5. The van der Waals surface area contributed by atoms with Gasteiger partial charge in [-0.05, 0) is 48.2 Å². The van der Waals surface area contributed by atoms with Crippen molar-refractivity contribution in [3.8, 4) is 5.75 Å². The summed E-state index contributed by atoms with van der Waals surface area (Å²) < 4.78 is 18.5. The molecule has 0 saturated carbocycles. The van der Waals surface area contributed by atoms with Gasteiger partial charge >= 0.3 is 0 Å². The van der Waals surface area contributed by atoms with Gasteiger partial charge in [0, 0.05) is 11.8 Å². The summed E-state index contributed by atoms with van der Waals surface area (Å²) in [5.41, 5.74) is 3.54. The normalized spacial score (nSPS) is 10.8. The first-order valence-electron chi connectivity index (χ1n) is 7.46. The maximum Gasteiger partial charge on any atom is 0.248 e. The van der Waals surface area contributed by atoms with Gasteiger partial charge < -0.3 is 10.1 Å². The number of hydrogen-bond donors (Lipinski definition) is 1. The largest absolute Gasteiger partial charge is 0.494 e. The van der Waals surface area contributed by atoms with Crippen molar-refractivity contribution >= 4 is 17.7 Å². The lowest BCUT2D eigenvalue weighted by Gasteiger charge is -2.11. The lowest BCUT2D eigenvalue weighted by Crippen LogP contribution is -2.11. The van der Waals surface area contributed by atoms with Crippen LogP contribution in [0, 0.1) is 12.7 Å². The molecule has 1 N–H and O–H groups in total. The molecule has 0 heterocycles. The van der Waals surface area contributed by atoms with Gasteiger partial charge in [-0.25, -0.2) is 4.39 Å². The number of halogens is 1. The highest BCUT2D eigenvalue weighted by Gasteiger charge is 2.07. The van der Waals surface area contributed by atoms with Crippen molar-refractivity contribution < 1.29 is 13.9 Å². The first-order chi connectivity index (χ1) is 11.0. The molecule has 0 aromatic heterocycles. The molecule has 120 valence electrons. The van der Waals surface area contributed by atoms with Crippen molar-refractivity contribution in [2.24, 2.45) is 0 Å². The summed E-state index contributed by atoms with van der Waals surface area (Å²) in [7, 11) is 1.41. The summed E-state index contributed by atoms with van der Waals surface area (Å²) in [5.74, 6) is -0.522. The van der Waals surface area contributed by atoms with E-state index in [0.717, 1.165) is 23.2 Å². The number of benzene rings is 2. The Bertz CT molecular complexity index is 738. The van der Waals surface area contributed by atoms with Gasteiger partial charge in [-0.2, -0.15) is 0 Å². The molecule has 3 nitrogen and oxygen atoms in total. The van der Waals surface area contributed by atoms with Crippen LogP contribution in [0.4, 0.5) is 10.1 Å². The molecule has 0 aliphatic heterocycles. The Morgan fingerprint density at radius 3 is 2.74 bits per heavy atom. The third-order valence-electron chi connectivity index (χ3n) is 3.59. The van der Waals surface area contributed by atoms with E-state index in [1.54, 1.807) is 12.1 Å². The van der Waals surface area contributed by atoms with E-state index in [2.05, 4.69) is 5.32 Å².